The average Bonchev–Trinajstić information content (AvgIpc) is 2.77. The molecule has 0 spiro atoms. The van der Waals surface area contributed by atoms with Crippen LogP contribution in [0, 0.1) is 0 Å². The number of hydrogen-bond donors (Lipinski definition) is 1. The molecule has 1 aromatic heterocycles. The highest BCUT2D eigenvalue weighted by atomic mass is 32.1. The summed E-state index contributed by atoms with van der Waals surface area (Å²) in [7, 11) is 0. The minimum atomic E-state index is -4.61. The van der Waals surface area contributed by atoms with Crippen LogP contribution in [0.4, 0.5) is 13.2 Å². The molecule has 2 rings (SSSR count). The predicted molar refractivity (Wildman–Crippen MR) is 60.8 cm³/mol. The number of aliphatic hydroxyl groups excluding tert-OH is 1. The van der Waals surface area contributed by atoms with Gasteiger partial charge in [0.1, 0.15) is 0 Å². The Balaban J connectivity index is 2.28. The standard InChI is InChI=1S/C12H9F3OS/c13-12(14,15)11(16)10-7-6-9(17-10)8-4-2-1-3-5-8/h1-7,11,16H/t11-/m1/s1. The molecule has 0 aliphatic carbocycles. The van der Waals surface area contributed by atoms with Crippen molar-refractivity contribution in [3.8, 4) is 10.4 Å². The fourth-order valence-electron chi connectivity index (χ4n) is 1.42. The zero-order chi connectivity index (χ0) is 12.5. The lowest BCUT2D eigenvalue weighted by Crippen LogP contribution is -2.18. The first-order valence-corrected chi connectivity index (χ1v) is 5.70. The largest absolute Gasteiger partial charge is 0.419 e. The van der Waals surface area contributed by atoms with Gasteiger partial charge in [-0.05, 0) is 17.7 Å². The minimum absolute atomic E-state index is 0.0867. The summed E-state index contributed by atoms with van der Waals surface area (Å²) in [5.74, 6) is 0. The Morgan fingerprint density at radius 3 is 2.24 bits per heavy atom. The molecule has 1 nitrogen and oxygen atoms in total. The predicted octanol–water partition coefficient (Wildman–Crippen LogP) is 4.01. The fraction of sp³-hybridized carbons (Fsp3) is 0.167. The quantitative estimate of drug-likeness (QED) is 0.862. The van der Waals surface area contributed by atoms with Crippen LogP contribution in [0.1, 0.15) is 11.0 Å². The summed E-state index contributed by atoms with van der Waals surface area (Å²) in [6.07, 6.45) is -7.01. The monoisotopic (exact) mass is 258 g/mol. The molecule has 0 unspecified atom stereocenters. The Kier molecular flexibility index (Phi) is 3.22. The minimum Gasteiger partial charge on any atom is -0.379 e. The molecule has 1 N–H and O–H groups in total. The maximum atomic E-state index is 12.3. The molecular formula is C12H9F3OS. The summed E-state index contributed by atoms with van der Waals surface area (Å²) < 4.78 is 36.9. The highest BCUT2D eigenvalue weighted by Gasteiger charge is 2.40. The number of thiophene rings is 1. The van der Waals surface area contributed by atoms with Gasteiger partial charge in [-0.25, -0.2) is 0 Å². The van der Waals surface area contributed by atoms with Crippen molar-refractivity contribution in [2.24, 2.45) is 0 Å². The van der Waals surface area contributed by atoms with Crippen LogP contribution in [0.3, 0.4) is 0 Å². The van der Waals surface area contributed by atoms with Crippen LogP contribution in [-0.2, 0) is 0 Å². The summed E-state index contributed by atoms with van der Waals surface area (Å²) >= 11 is 0.951. The Hall–Kier alpha value is -1.33. The Morgan fingerprint density at radius 1 is 1.00 bits per heavy atom. The molecule has 0 bridgehead atoms. The molecule has 0 aliphatic rings. The van der Waals surface area contributed by atoms with Crippen LogP contribution in [-0.4, -0.2) is 11.3 Å². The third-order valence-electron chi connectivity index (χ3n) is 2.26. The zero-order valence-corrected chi connectivity index (χ0v) is 9.42. The second-order valence-electron chi connectivity index (χ2n) is 3.51. The number of benzene rings is 1. The lowest BCUT2D eigenvalue weighted by atomic mass is 10.2. The van der Waals surface area contributed by atoms with Gasteiger partial charge >= 0.3 is 6.18 Å². The second kappa shape index (κ2) is 4.50. The van der Waals surface area contributed by atoms with Crippen LogP contribution in [0.5, 0.6) is 0 Å². The molecule has 1 aromatic carbocycles. The molecule has 5 heteroatoms. The van der Waals surface area contributed by atoms with E-state index >= 15 is 0 Å². The van der Waals surface area contributed by atoms with Crippen molar-refractivity contribution in [3.63, 3.8) is 0 Å². The van der Waals surface area contributed by atoms with E-state index in [9.17, 15) is 13.2 Å². The van der Waals surface area contributed by atoms with Gasteiger partial charge in [-0.15, -0.1) is 11.3 Å². The SMILES string of the molecule is O[C@H](c1ccc(-c2ccccc2)s1)C(F)(F)F. The molecule has 0 aliphatic heterocycles. The van der Waals surface area contributed by atoms with Crippen molar-refractivity contribution in [3.05, 3.63) is 47.3 Å². The Bertz CT molecular complexity index is 490. The number of alkyl halides is 3. The van der Waals surface area contributed by atoms with Crippen molar-refractivity contribution in [1.82, 2.24) is 0 Å². The Morgan fingerprint density at radius 2 is 1.65 bits per heavy atom. The van der Waals surface area contributed by atoms with Crippen molar-refractivity contribution >= 4 is 11.3 Å². The Labute approximate surface area is 100 Å². The molecule has 0 saturated heterocycles. The van der Waals surface area contributed by atoms with E-state index in [0.29, 0.717) is 4.88 Å². The number of halogens is 3. The first kappa shape index (κ1) is 12.1. The van der Waals surface area contributed by atoms with Gasteiger partial charge in [0.2, 0.25) is 0 Å². The van der Waals surface area contributed by atoms with E-state index < -0.39 is 12.3 Å². The van der Waals surface area contributed by atoms with E-state index in [2.05, 4.69) is 0 Å². The van der Waals surface area contributed by atoms with E-state index in [0.717, 1.165) is 16.9 Å². The number of rotatable bonds is 2. The van der Waals surface area contributed by atoms with Gasteiger partial charge in [-0.1, -0.05) is 30.3 Å². The normalized spacial score (nSPS) is 13.6. The van der Waals surface area contributed by atoms with Gasteiger partial charge in [-0.3, -0.25) is 0 Å². The smallest absolute Gasteiger partial charge is 0.379 e. The first-order chi connectivity index (χ1) is 7.98. The summed E-state index contributed by atoms with van der Waals surface area (Å²) in [6, 6.07) is 12.0. The van der Waals surface area contributed by atoms with E-state index in [1.807, 2.05) is 30.3 Å². The molecule has 0 fully saturated rings. The summed E-state index contributed by atoms with van der Waals surface area (Å²) in [4.78, 5) is 0.625. The van der Waals surface area contributed by atoms with E-state index in [1.165, 1.54) is 6.07 Å². The van der Waals surface area contributed by atoms with Crippen molar-refractivity contribution < 1.29 is 18.3 Å². The highest BCUT2D eigenvalue weighted by molar-refractivity contribution is 7.15. The second-order valence-corrected chi connectivity index (χ2v) is 4.63. The van der Waals surface area contributed by atoms with E-state index in [4.69, 9.17) is 5.11 Å². The molecule has 17 heavy (non-hydrogen) atoms. The van der Waals surface area contributed by atoms with Crippen LogP contribution in [0.25, 0.3) is 10.4 Å². The molecular weight excluding hydrogens is 249 g/mol. The molecule has 0 radical (unpaired) electrons. The third kappa shape index (κ3) is 2.68. The molecule has 1 heterocycles. The van der Waals surface area contributed by atoms with Gasteiger partial charge in [-0.2, -0.15) is 13.2 Å². The first-order valence-electron chi connectivity index (χ1n) is 4.88. The van der Waals surface area contributed by atoms with Gasteiger partial charge in [0.25, 0.3) is 0 Å². The molecule has 2 aromatic rings. The number of aliphatic hydroxyl groups is 1. The summed E-state index contributed by atoms with van der Waals surface area (Å²) in [5, 5.41) is 9.10. The van der Waals surface area contributed by atoms with Crippen LogP contribution < -0.4 is 0 Å². The summed E-state index contributed by atoms with van der Waals surface area (Å²) in [6.45, 7) is 0. The molecule has 0 saturated carbocycles. The molecule has 0 amide bonds. The topological polar surface area (TPSA) is 20.2 Å². The van der Waals surface area contributed by atoms with Gasteiger partial charge in [0.15, 0.2) is 6.10 Å². The fourth-order valence-corrected chi connectivity index (χ4v) is 2.44. The zero-order valence-electron chi connectivity index (χ0n) is 8.61. The van der Waals surface area contributed by atoms with Crippen LogP contribution in [0.15, 0.2) is 42.5 Å². The lowest BCUT2D eigenvalue weighted by molar-refractivity contribution is -0.205. The van der Waals surface area contributed by atoms with Gasteiger partial charge in [0.05, 0.1) is 0 Å². The van der Waals surface area contributed by atoms with Gasteiger partial charge in [0, 0.05) is 9.75 Å². The van der Waals surface area contributed by atoms with Crippen LogP contribution in [0.2, 0.25) is 0 Å². The van der Waals surface area contributed by atoms with Crippen molar-refractivity contribution in [2.45, 2.75) is 12.3 Å². The maximum Gasteiger partial charge on any atom is 0.419 e. The van der Waals surface area contributed by atoms with Crippen molar-refractivity contribution in [2.75, 3.05) is 0 Å². The molecule has 90 valence electrons. The van der Waals surface area contributed by atoms with E-state index in [-0.39, 0.29) is 4.88 Å². The summed E-state index contributed by atoms with van der Waals surface area (Å²) in [5.41, 5.74) is 0.845. The van der Waals surface area contributed by atoms with Crippen molar-refractivity contribution in [1.29, 1.82) is 0 Å². The lowest BCUT2D eigenvalue weighted by Gasteiger charge is -2.12. The van der Waals surface area contributed by atoms with E-state index in [1.54, 1.807) is 6.07 Å². The highest BCUT2D eigenvalue weighted by Crippen LogP contribution is 2.38. The number of hydrogen-bond acceptors (Lipinski definition) is 2. The van der Waals surface area contributed by atoms with Crippen LogP contribution >= 0.6 is 11.3 Å². The average molecular weight is 258 g/mol. The molecule has 1 atom stereocenters. The third-order valence-corrected chi connectivity index (χ3v) is 3.45. The maximum absolute atomic E-state index is 12.3. The van der Waals surface area contributed by atoms with Gasteiger partial charge < -0.3 is 5.11 Å².